The minimum atomic E-state index is -0.756. The molecular formula is C32H45NO8. The monoisotopic (exact) mass is 571 g/mol. The van der Waals surface area contributed by atoms with Gasteiger partial charge in [0.1, 0.15) is 17.1 Å². The normalized spacial score (nSPS) is 18.0. The zero-order valence-electron chi connectivity index (χ0n) is 25.2. The van der Waals surface area contributed by atoms with Gasteiger partial charge >= 0.3 is 12.1 Å². The fourth-order valence-corrected chi connectivity index (χ4v) is 4.67. The summed E-state index contributed by atoms with van der Waals surface area (Å²) in [4.78, 5) is 26.7. The third-order valence-corrected chi connectivity index (χ3v) is 6.67. The zero-order valence-corrected chi connectivity index (χ0v) is 25.2. The van der Waals surface area contributed by atoms with Crippen molar-refractivity contribution in [2.24, 2.45) is 0 Å². The Bertz CT molecular complexity index is 1100. The molecule has 1 heterocycles. The predicted molar refractivity (Wildman–Crippen MR) is 155 cm³/mol. The second kappa shape index (κ2) is 15.6. The van der Waals surface area contributed by atoms with Crippen molar-refractivity contribution in [1.82, 2.24) is 4.90 Å². The molecule has 0 aromatic heterocycles. The Hall–Kier alpha value is -3.30. The summed E-state index contributed by atoms with van der Waals surface area (Å²) in [5.41, 5.74) is 1.48. The summed E-state index contributed by atoms with van der Waals surface area (Å²) in [5, 5.41) is 0. The van der Waals surface area contributed by atoms with Gasteiger partial charge in [-0.15, -0.1) is 0 Å². The standard InChI is InChI=1S/C32H45NO8/c1-7-38-30(34)23(2)40-29-21-33(31(35)41-32(3,4)5)18-17-27(29)24-13-15-26(16-14-24)39-20-10-19-37-22-25-11-8-9-12-28(25)36-6/h8-9,11-16,23,27,29H,7,10,17-22H2,1-6H3/t23-,27?,29?/m1/s1. The van der Waals surface area contributed by atoms with Crippen molar-refractivity contribution < 1.29 is 38.0 Å². The Morgan fingerprint density at radius 2 is 1.78 bits per heavy atom. The molecule has 1 fully saturated rings. The van der Waals surface area contributed by atoms with E-state index >= 15 is 0 Å². The van der Waals surface area contributed by atoms with Crippen LogP contribution in [0.4, 0.5) is 4.79 Å². The Kier molecular flexibility index (Phi) is 12.3. The molecule has 0 N–H and O–H groups in total. The van der Waals surface area contributed by atoms with Crippen LogP contribution in [-0.2, 0) is 30.3 Å². The van der Waals surface area contributed by atoms with Crippen LogP contribution in [-0.4, -0.2) is 74.8 Å². The maximum absolute atomic E-state index is 12.8. The number of piperidine rings is 1. The average molecular weight is 572 g/mol. The molecule has 3 rings (SSSR count). The molecule has 9 heteroatoms. The number of likely N-dealkylation sites (tertiary alicyclic amines) is 1. The van der Waals surface area contributed by atoms with E-state index in [1.54, 1.807) is 25.9 Å². The first-order valence-electron chi connectivity index (χ1n) is 14.3. The summed E-state index contributed by atoms with van der Waals surface area (Å²) in [7, 11) is 1.65. The first-order valence-corrected chi connectivity index (χ1v) is 14.3. The number of hydrogen-bond acceptors (Lipinski definition) is 8. The number of amides is 1. The topological polar surface area (TPSA) is 92.8 Å². The van der Waals surface area contributed by atoms with Gasteiger partial charge in [0.15, 0.2) is 6.10 Å². The molecule has 226 valence electrons. The molecule has 2 aromatic rings. The van der Waals surface area contributed by atoms with Crippen LogP contribution < -0.4 is 9.47 Å². The third kappa shape index (κ3) is 10.2. The predicted octanol–water partition coefficient (Wildman–Crippen LogP) is 5.74. The third-order valence-electron chi connectivity index (χ3n) is 6.67. The van der Waals surface area contributed by atoms with Gasteiger partial charge in [-0.1, -0.05) is 30.3 Å². The molecular weight excluding hydrogens is 526 g/mol. The lowest BCUT2D eigenvalue weighted by Gasteiger charge is -2.39. The van der Waals surface area contributed by atoms with Gasteiger partial charge in [0.05, 0.1) is 46.2 Å². The van der Waals surface area contributed by atoms with E-state index in [0.29, 0.717) is 39.3 Å². The second-order valence-electron chi connectivity index (χ2n) is 11.0. The van der Waals surface area contributed by atoms with Gasteiger partial charge in [-0.3, -0.25) is 0 Å². The summed E-state index contributed by atoms with van der Waals surface area (Å²) < 4.78 is 34.0. The van der Waals surface area contributed by atoms with Crippen molar-refractivity contribution in [3.8, 4) is 11.5 Å². The van der Waals surface area contributed by atoms with E-state index in [4.69, 9.17) is 28.4 Å². The lowest BCUT2D eigenvalue weighted by atomic mass is 9.87. The largest absolute Gasteiger partial charge is 0.496 e. The zero-order chi connectivity index (χ0) is 29.8. The molecule has 41 heavy (non-hydrogen) atoms. The van der Waals surface area contributed by atoms with Crippen LogP contribution in [0.5, 0.6) is 11.5 Å². The van der Waals surface area contributed by atoms with Gasteiger partial charge in [0, 0.05) is 24.4 Å². The van der Waals surface area contributed by atoms with Gasteiger partial charge in [0.2, 0.25) is 0 Å². The molecule has 9 nitrogen and oxygen atoms in total. The van der Waals surface area contributed by atoms with E-state index in [2.05, 4.69) is 0 Å². The number of methoxy groups -OCH3 is 1. The van der Waals surface area contributed by atoms with Crippen LogP contribution in [0.1, 0.15) is 64.5 Å². The lowest BCUT2D eigenvalue weighted by Crippen LogP contribution is -2.49. The van der Waals surface area contributed by atoms with Gasteiger partial charge in [-0.05, 0) is 64.8 Å². The molecule has 0 spiro atoms. The van der Waals surface area contributed by atoms with Crippen LogP contribution in [0.15, 0.2) is 48.5 Å². The summed E-state index contributed by atoms with van der Waals surface area (Å²) in [5.74, 6) is 1.16. The molecule has 3 atom stereocenters. The van der Waals surface area contributed by atoms with Crippen molar-refractivity contribution in [2.75, 3.05) is 40.0 Å². The first kappa shape index (κ1) is 32.2. The van der Waals surface area contributed by atoms with Crippen molar-refractivity contribution in [2.45, 2.75) is 77.8 Å². The molecule has 0 radical (unpaired) electrons. The summed E-state index contributed by atoms with van der Waals surface area (Å²) in [6.45, 7) is 11.7. The van der Waals surface area contributed by atoms with Crippen molar-refractivity contribution >= 4 is 12.1 Å². The SMILES string of the molecule is CCOC(=O)[C@@H](C)OC1CN(C(=O)OC(C)(C)C)CCC1c1ccc(OCCCOCc2ccccc2OC)cc1. The summed E-state index contributed by atoms with van der Waals surface area (Å²) in [6, 6.07) is 15.7. The highest BCUT2D eigenvalue weighted by molar-refractivity contribution is 5.74. The lowest BCUT2D eigenvalue weighted by molar-refractivity contribution is -0.161. The van der Waals surface area contributed by atoms with E-state index in [1.165, 1.54) is 0 Å². The number of esters is 1. The molecule has 0 saturated carbocycles. The second-order valence-corrected chi connectivity index (χ2v) is 11.0. The number of para-hydroxylation sites is 1. The number of ether oxygens (including phenoxy) is 6. The Balaban J connectivity index is 1.54. The Morgan fingerprint density at radius 1 is 1.05 bits per heavy atom. The minimum absolute atomic E-state index is 0.0111. The molecule has 1 aliphatic heterocycles. The highest BCUT2D eigenvalue weighted by Gasteiger charge is 2.37. The van der Waals surface area contributed by atoms with Crippen molar-refractivity contribution in [3.05, 3.63) is 59.7 Å². The molecule has 1 amide bonds. The van der Waals surface area contributed by atoms with Gasteiger partial charge in [-0.25, -0.2) is 9.59 Å². The number of carbonyl (C=O) groups is 2. The van der Waals surface area contributed by atoms with Gasteiger partial charge in [-0.2, -0.15) is 0 Å². The van der Waals surface area contributed by atoms with Crippen LogP contribution in [0.25, 0.3) is 0 Å². The van der Waals surface area contributed by atoms with Crippen LogP contribution >= 0.6 is 0 Å². The van der Waals surface area contributed by atoms with E-state index in [9.17, 15) is 9.59 Å². The molecule has 1 saturated heterocycles. The molecule has 2 unspecified atom stereocenters. The van der Waals surface area contributed by atoms with E-state index in [0.717, 1.165) is 29.0 Å². The summed E-state index contributed by atoms with van der Waals surface area (Å²) in [6.07, 6.45) is -0.120. The molecule has 2 aromatic carbocycles. The Labute approximate surface area is 244 Å². The summed E-state index contributed by atoms with van der Waals surface area (Å²) >= 11 is 0. The van der Waals surface area contributed by atoms with Crippen LogP contribution in [0.3, 0.4) is 0 Å². The molecule has 0 aliphatic carbocycles. The van der Waals surface area contributed by atoms with Crippen LogP contribution in [0.2, 0.25) is 0 Å². The van der Waals surface area contributed by atoms with Gasteiger partial charge in [0.25, 0.3) is 0 Å². The fourth-order valence-electron chi connectivity index (χ4n) is 4.67. The minimum Gasteiger partial charge on any atom is -0.496 e. The first-order chi connectivity index (χ1) is 19.6. The van der Waals surface area contributed by atoms with Crippen molar-refractivity contribution in [1.29, 1.82) is 0 Å². The van der Waals surface area contributed by atoms with E-state index in [1.807, 2.05) is 69.3 Å². The molecule has 1 aliphatic rings. The maximum atomic E-state index is 12.8. The highest BCUT2D eigenvalue weighted by atomic mass is 16.6. The van der Waals surface area contributed by atoms with E-state index in [-0.39, 0.29) is 18.6 Å². The van der Waals surface area contributed by atoms with E-state index < -0.39 is 23.8 Å². The number of benzene rings is 2. The number of rotatable bonds is 13. The Morgan fingerprint density at radius 3 is 2.46 bits per heavy atom. The number of hydrogen-bond donors (Lipinski definition) is 0. The van der Waals surface area contributed by atoms with Crippen molar-refractivity contribution in [3.63, 3.8) is 0 Å². The van der Waals surface area contributed by atoms with Crippen LogP contribution in [0, 0.1) is 0 Å². The number of carbonyl (C=O) groups excluding carboxylic acids is 2. The smallest absolute Gasteiger partial charge is 0.410 e. The van der Waals surface area contributed by atoms with Gasteiger partial charge < -0.3 is 33.3 Å². The highest BCUT2D eigenvalue weighted by Crippen LogP contribution is 2.33. The fraction of sp³-hybridized carbons (Fsp3) is 0.562. The number of nitrogens with zero attached hydrogens (tertiary/aromatic N) is 1. The molecule has 0 bridgehead atoms. The quantitative estimate of drug-likeness (QED) is 0.222. The average Bonchev–Trinajstić information content (AvgIpc) is 2.94. The maximum Gasteiger partial charge on any atom is 0.410 e.